The summed E-state index contributed by atoms with van der Waals surface area (Å²) in [5.41, 5.74) is 1.52. The minimum absolute atomic E-state index is 0.145. The fourth-order valence-corrected chi connectivity index (χ4v) is 3.58. The van der Waals surface area contributed by atoms with Crippen LogP contribution in [0.4, 0.5) is 9.57 Å². The minimum Gasteiger partial charge on any atom is -0.376 e. The summed E-state index contributed by atoms with van der Waals surface area (Å²) in [6.07, 6.45) is 3.73. The first kappa shape index (κ1) is 21.4. The molecule has 0 saturated carbocycles. The SMILES string of the molecule is COC(C)(C)C(C)(C)OCc1cn(SF)c2ncc(N3CCOC(C)C3)cc12. The minimum atomic E-state index is -0.524. The van der Waals surface area contributed by atoms with E-state index in [1.165, 1.54) is 3.97 Å². The molecule has 156 valence electrons. The predicted octanol–water partition coefficient (Wildman–Crippen LogP) is 4.36. The number of nitrogens with zero attached hydrogens (tertiary/aromatic N) is 3. The van der Waals surface area contributed by atoms with Gasteiger partial charge < -0.3 is 19.1 Å². The van der Waals surface area contributed by atoms with Crippen molar-refractivity contribution in [1.82, 2.24) is 8.96 Å². The van der Waals surface area contributed by atoms with Gasteiger partial charge in [-0.1, -0.05) is 0 Å². The molecule has 1 aliphatic rings. The van der Waals surface area contributed by atoms with Crippen LogP contribution in [0, 0.1) is 0 Å². The fraction of sp³-hybridized carbons (Fsp3) is 0.650. The first-order chi connectivity index (χ1) is 13.2. The number of aromatic nitrogens is 2. The van der Waals surface area contributed by atoms with Gasteiger partial charge >= 0.3 is 0 Å². The number of anilines is 1. The summed E-state index contributed by atoms with van der Waals surface area (Å²) in [7, 11) is 1.68. The number of pyridine rings is 1. The standard InChI is InChI=1S/C20H30FN3O3S/c1-14-11-23(7-8-26-14)16-9-17-15(12-24(28-21)18(17)22-10-16)13-27-20(4,5)19(2,3)25-6/h9-10,12,14H,7-8,11,13H2,1-6H3. The Morgan fingerprint density at radius 2 is 2.07 bits per heavy atom. The van der Waals surface area contributed by atoms with Crippen molar-refractivity contribution in [3.05, 3.63) is 24.0 Å². The average Bonchev–Trinajstić information content (AvgIpc) is 3.03. The number of ether oxygens (including phenoxy) is 3. The van der Waals surface area contributed by atoms with Crippen LogP contribution in [0.5, 0.6) is 0 Å². The first-order valence-corrected chi connectivity index (χ1v) is 10.2. The van der Waals surface area contributed by atoms with E-state index < -0.39 is 11.2 Å². The van der Waals surface area contributed by atoms with E-state index in [4.69, 9.17) is 14.2 Å². The van der Waals surface area contributed by atoms with Crippen LogP contribution in [-0.2, 0) is 20.8 Å². The van der Waals surface area contributed by atoms with Crippen LogP contribution >= 0.6 is 12.3 Å². The van der Waals surface area contributed by atoms with E-state index in [0.29, 0.717) is 18.9 Å². The molecule has 1 unspecified atom stereocenters. The molecule has 1 atom stereocenters. The zero-order chi connectivity index (χ0) is 20.5. The van der Waals surface area contributed by atoms with Gasteiger partial charge in [-0.3, -0.25) is 0 Å². The van der Waals surface area contributed by atoms with E-state index >= 15 is 0 Å². The molecule has 1 saturated heterocycles. The van der Waals surface area contributed by atoms with Gasteiger partial charge in [0.2, 0.25) is 0 Å². The molecular weight excluding hydrogens is 381 g/mol. The van der Waals surface area contributed by atoms with Gasteiger partial charge in [0.15, 0.2) is 18.0 Å². The van der Waals surface area contributed by atoms with E-state index in [9.17, 15) is 3.89 Å². The summed E-state index contributed by atoms with van der Waals surface area (Å²) in [5.74, 6) is 0. The Balaban J connectivity index is 1.90. The van der Waals surface area contributed by atoms with E-state index in [0.717, 1.165) is 29.7 Å². The second kappa shape index (κ2) is 8.18. The molecule has 3 rings (SSSR count). The molecule has 0 radical (unpaired) electrons. The number of hydrogen-bond donors (Lipinski definition) is 0. The van der Waals surface area contributed by atoms with Crippen molar-refractivity contribution in [2.45, 2.75) is 58.5 Å². The highest BCUT2D eigenvalue weighted by molar-refractivity contribution is 7.92. The summed E-state index contributed by atoms with van der Waals surface area (Å²) in [4.78, 5) is 6.77. The van der Waals surface area contributed by atoms with E-state index in [2.05, 4.69) is 22.9 Å². The van der Waals surface area contributed by atoms with Crippen molar-refractivity contribution in [1.29, 1.82) is 0 Å². The zero-order valence-corrected chi connectivity index (χ0v) is 18.3. The molecule has 8 heteroatoms. The molecule has 1 fully saturated rings. The highest BCUT2D eigenvalue weighted by Crippen LogP contribution is 2.33. The number of methoxy groups -OCH3 is 1. The number of halogens is 1. The third-order valence-corrected chi connectivity index (χ3v) is 6.34. The maximum absolute atomic E-state index is 13.4. The molecule has 2 aromatic heterocycles. The quantitative estimate of drug-likeness (QED) is 0.675. The summed E-state index contributed by atoms with van der Waals surface area (Å²) in [5, 5.41) is 0.896. The van der Waals surface area contributed by atoms with Crippen molar-refractivity contribution in [2.24, 2.45) is 0 Å². The van der Waals surface area contributed by atoms with Crippen molar-refractivity contribution < 1.29 is 18.1 Å². The number of morpholine rings is 1. The highest BCUT2D eigenvalue weighted by Gasteiger charge is 2.38. The second-order valence-electron chi connectivity index (χ2n) is 8.25. The van der Waals surface area contributed by atoms with Gasteiger partial charge in [-0.15, -0.1) is 3.89 Å². The van der Waals surface area contributed by atoms with Crippen LogP contribution < -0.4 is 4.90 Å². The van der Waals surface area contributed by atoms with Crippen molar-refractivity contribution in [3.63, 3.8) is 0 Å². The molecule has 1 aliphatic heterocycles. The van der Waals surface area contributed by atoms with Crippen LogP contribution in [-0.4, -0.2) is 53.1 Å². The third kappa shape index (κ3) is 4.15. The molecule has 0 aliphatic carbocycles. The molecule has 0 N–H and O–H groups in total. The number of hydrogen-bond acceptors (Lipinski definition) is 6. The van der Waals surface area contributed by atoms with Crippen LogP contribution in [0.15, 0.2) is 18.5 Å². The van der Waals surface area contributed by atoms with Gasteiger partial charge in [-0.2, -0.15) is 0 Å². The van der Waals surface area contributed by atoms with Crippen molar-refractivity contribution in [3.8, 4) is 0 Å². The molecule has 0 spiro atoms. The topological polar surface area (TPSA) is 48.8 Å². The summed E-state index contributed by atoms with van der Waals surface area (Å²) in [6, 6.07) is 2.07. The Hall–Kier alpha value is -1.35. The van der Waals surface area contributed by atoms with Gasteiger partial charge in [-0.05, 0) is 40.7 Å². The molecule has 2 aromatic rings. The normalized spacial score (nSPS) is 18.8. The zero-order valence-electron chi connectivity index (χ0n) is 17.5. The van der Waals surface area contributed by atoms with Gasteiger partial charge in [0.25, 0.3) is 0 Å². The van der Waals surface area contributed by atoms with Gasteiger partial charge in [0.1, 0.15) is 0 Å². The first-order valence-electron chi connectivity index (χ1n) is 9.53. The van der Waals surface area contributed by atoms with E-state index in [1.807, 2.05) is 27.7 Å². The molecule has 6 nitrogen and oxygen atoms in total. The lowest BCUT2D eigenvalue weighted by Crippen LogP contribution is -2.48. The lowest BCUT2D eigenvalue weighted by atomic mass is 9.89. The maximum atomic E-state index is 13.4. The second-order valence-corrected chi connectivity index (χ2v) is 8.79. The van der Waals surface area contributed by atoms with Crippen molar-refractivity contribution in [2.75, 3.05) is 31.7 Å². The predicted molar refractivity (Wildman–Crippen MR) is 111 cm³/mol. The largest absolute Gasteiger partial charge is 0.376 e. The Kier molecular flexibility index (Phi) is 6.24. The third-order valence-electron chi connectivity index (χ3n) is 5.91. The molecular formula is C20H30FN3O3S. The number of fused-ring (bicyclic) bond motifs is 1. The molecule has 28 heavy (non-hydrogen) atoms. The maximum Gasteiger partial charge on any atom is 0.171 e. The molecule has 0 amide bonds. The summed E-state index contributed by atoms with van der Waals surface area (Å²) >= 11 is 0.145. The Bertz CT molecular complexity index is 824. The monoisotopic (exact) mass is 411 g/mol. The van der Waals surface area contributed by atoms with Crippen molar-refractivity contribution >= 4 is 29.1 Å². The fourth-order valence-electron chi connectivity index (χ4n) is 3.20. The molecule has 0 bridgehead atoms. The Morgan fingerprint density at radius 3 is 2.71 bits per heavy atom. The molecule has 3 heterocycles. The van der Waals surface area contributed by atoms with Crippen LogP contribution in [0.25, 0.3) is 11.0 Å². The lowest BCUT2D eigenvalue weighted by Gasteiger charge is -2.40. The smallest absolute Gasteiger partial charge is 0.171 e. The van der Waals surface area contributed by atoms with Gasteiger partial charge in [0.05, 0.1) is 42.4 Å². The van der Waals surface area contributed by atoms with Gasteiger partial charge in [0, 0.05) is 37.3 Å². The van der Waals surface area contributed by atoms with Crippen LogP contribution in [0.2, 0.25) is 0 Å². The van der Waals surface area contributed by atoms with E-state index in [1.54, 1.807) is 19.5 Å². The lowest BCUT2D eigenvalue weighted by molar-refractivity contribution is -0.168. The Labute approximate surface area is 170 Å². The van der Waals surface area contributed by atoms with E-state index in [-0.39, 0.29) is 18.4 Å². The van der Waals surface area contributed by atoms with Crippen LogP contribution in [0.1, 0.15) is 40.2 Å². The summed E-state index contributed by atoms with van der Waals surface area (Å²) < 4.78 is 32.3. The van der Waals surface area contributed by atoms with Gasteiger partial charge in [-0.25, -0.2) is 8.96 Å². The Morgan fingerprint density at radius 1 is 1.32 bits per heavy atom. The average molecular weight is 412 g/mol. The number of rotatable bonds is 7. The molecule has 0 aromatic carbocycles. The highest BCUT2D eigenvalue weighted by atomic mass is 32.2. The summed E-state index contributed by atoms with van der Waals surface area (Å²) in [6.45, 7) is 12.7. The van der Waals surface area contributed by atoms with Crippen LogP contribution in [0.3, 0.4) is 0 Å².